The van der Waals surface area contributed by atoms with Crippen molar-refractivity contribution in [1.29, 1.82) is 0 Å². The van der Waals surface area contributed by atoms with Crippen molar-refractivity contribution in [2.75, 3.05) is 38.2 Å². The molecule has 1 atom stereocenters. The number of para-hydroxylation sites is 1. The normalized spacial score (nSPS) is 19.4. The molecule has 1 amide bonds. The Morgan fingerprint density at radius 3 is 2.73 bits per heavy atom. The Balaban J connectivity index is 1.46. The van der Waals surface area contributed by atoms with Gasteiger partial charge in [-0.25, -0.2) is 9.97 Å². The van der Waals surface area contributed by atoms with Crippen LogP contribution in [-0.4, -0.2) is 64.8 Å². The summed E-state index contributed by atoms with van der Waals surface area (Å²) in [4.78, 5) is 24.3. The zero-order chi connectivity index (χ0) is 18.4. The van der Waals surface area contributed by atoms with Crippen molar-refractivity contribution in [2.45, 2.75) is 18.4 Å². The van der Waals surface area contributed by atoms with Crippen molar-refractivity contribution < 1.29 is 14.6 Å². The molecule has 138 valence electrons. The fourth-order valence-electron chi connectivity index (χ4n) is 3.10. The number of anilines is 1. The van der Waals surface area contributed by atoms with Gasteiger partial charge in [0, 0.05) is 26.0 Å². The van der Waals surface area contributed by atoms with Gasteiger partial charge in [-0.15, -0.1) is 0 Å². The lowest BCUT2D eigenvalue weighted by Gasteiger charge is -2.29. The summed E-state index contributed by atoms with van der Waals surface area (Å²) in [5, 5.41) is 10.8. The number of likely N-dealkylation sites (N-methyl/N-ethyl adjacent to an activating group) is 1. The average molecular weight is 356 g/mol. The number of nitrogens with zero attached hydrogens (tertiary/aromatic N) is 4. The van der Waals surface area contributed by atoms with Gasteiger partial charge in [0.05, 0.1) is 26.1 Å². The van der Waals surface area contributed by atoms with Crippen LogP contribution in [0.5, 0.6) is 5.75 Å². The SMILES string of the molecule is CN(C[C@@]1(O)CCN(c2ncccn2)C1)C(=O)CCOc1ccccc1. The second-order valence-electron chi connectivity index (χ2n) is 6.61. The number of hydrogen-bond donors (Lipinski definition) is 1. The summed E-state index contributed by atoms with van der Waals surface area (Å²) in [7, 11) is 1.71. The van der Waals surface area contributed by atoms with Crippen LogP contribution in [0.1, 0.15) is 12.8 Å². The molecule has 0 spiro atoms. The molecule has 0 unspecified atom stereocenters. The van der Waals surface area contributed by atoms with E-state index in [9.17, 15) is 9.90 Å². The molecule has 1 saturated heterocycles. The first-order valence-corrected chi connectivity index (χ1v) is 8.72. The molecule has 1 aliphatic rings. The summed E-state index contributed by atoms with van der Waals surface area (Å²) in [6, 6.07) is 11.2. The Morgan fingerprint density at radius 2 is 2.00 bits per heavy atom. The van der Waals surface area contributed by atoms with E-state index in [1.54, 1.807) is 30.4 Å². The second kappa shape index (κ2) is 8.14. The van der Waals surface area contributed by atoms with Crippen LogP contribution in [-0.2, 0) is 4.79 Å². The van der Waals surface area contributed by atoms with E-state index in [2.05, 4.69) is 9.97 Å². The molecule has 0 aliphatic carbocycles. The molecule has 1 aromatic heterocycles. The molecule has 1 N–H and O–H groups in total. The number of benzene rings is 1. The number of aromatic nitrogens is 2. The van der Waals surface area contributed by atoms with E-state index in [0.717, 1.165) is 5.75 Å². The molecular formula is C19H24N4O3. The first-order valence-electron chi connectivity index (χ1n) is 8.72. The van der Waals surface area contributed by atoms with Crippen LogP contribution in [0.3, 0.4) is 0 Å². The largest absolute Gasteiger partial charge is 0.493 e. The molecule has 7 heteroatoms. The van der Waals surface area contributed by atoms with Crippen molar-refractivity contribution in [3.63, 3.8) is 0 Å². The molecule has 2 heterocycles. The van der Waals surface area contributed by atoms with Gasteiger partial charge >= 0.3 is 0 Å². The maximum absolute atomic E-state index is 12.3. The molecule has 7 nitrogen and oxygen atoms in total. The van der Waals surface area contributed by atoms with E-state index in [-0.39, 0.29) is 18.9 Å². The standard InChI is InChI=1S/C19H24N4O3/c1-22(17(24)8-13-26-16-6-3-2-4-7-16)14-19(25)9-12-23(15-19)18-20-10-5-11-21-18/h2-7,10-11,25H,8-9,12-15H2,1H3/t19-/m0/s1. The molecule has 26 heavy (non-hydrogen) atoms. The molecule has 3 rings (SSSR count). The zero-order valence-electron chi connectivity index (χ0n) is 14.9. The Morgan fingerprint density at radius 1 is 1.27 bits per heavy atom. The summed E-state index contributed by atoms with van der Waals surface area (Å²) in [6.07, 6.45) is 4.21. The Labute approximate surface area is 153 Å². The molecule has 0 bridgehead atoms. The van der Waals surface area contributed by atoms with Crippen LogP contribution < -0.4 is 9.64 Å². The highest BCUT2D eigenvalue weighted by molar-refractivity contribution is 5.76. The fourth-order valence-corrected chi connectivity index (χ4v) is 3.10. The number of β-amino-alcohol motifs (C(OH)–C–C–N with tert-alkyl or cyclic N) is 1. The van der Waals surface area contributed by atoms with Crippen molar-refractivity contribution >= 4 is 11.9 Å². The summed E-state index contributed by atoms with van der Waals surface area (Å²) in [6.45, 7) is 1.67. The number of carbonyl (C=O) groups excluding carboxylic acids is 1. The maximum atomic E-state index is 12.3. The van der Waals surface area contributed by atoms with Crippen molar-refractivity contribution in [1.82, 2.24) is 14.9 Å². The van der Waals surface area contributed by atoms with E-state index in [0.29, 0.717) is 32.1 Å². The summed E-state index contributed by atoms with van der Waals surface area (Å²) < 4.78 is 5.56. The molecule has 0 radical (unpaired) electrons. The van der Waals surface area contributed by atoms with Crippen LogP contribution in [0.2, 0.25) is 0 Å². The van der Waals surface area contributed by atoms with Crippen LogP contribution in [0, 0.1) is 0 Å². The molecular weight excluding hydrogens is 332 g/mol. The van der Waals surface area contributed by atoms with Gasteiger partial charge in [-0.1, -0.05) is 18.2 Å². The van der Waals surface area contributed by atoms with E-state index >= 15 is 0 Å². The van der Waals surface area contributed by atoms with E-state index in [4.69, 9.17) is 4.74 Å². The summed E-state index contributed by atoms with van der Waals surface area (Å²) >= 11 is 0. The molecule has 1 aliphatic heterocycles. The lowest BCUT2D eigenvalue weighted by atomic mass is 10.0. The van der Waals surface area contributed by atoms with Gasteiger partial charge < -0.3 is 19.6 Å². The molecule has 2 aromatic rings. The minimum absolute atomic E-state index is 0.0521. The van der Waals surface area contributed by atoms with Gasteiger partial charge in [0.25, 0.3) is 0 Å². The zero-order valence-corrected chi connectivity index (χ0v) is 14.9. The Hall–Kier alpha value is -2.67. The van der Waals surface area contributed by atoms with Gasteiger partial charge in [0.1, 0.15) is 11.4 Å². The average Bonchev–Trinajstić information content (AvgIpc) is 3.05. The van der Waals surface area contributed by atoms with Gasteiger partial charge in [0.15, 0.2) is 0 Å². The van der Waals surface area contributed by atoms with Crippen LogP contribution in [0.25, 0.3) is 0 Å². The molecule has 1 aromatic carbocycles. The van der Waals surface area contributed by atoms with Gasteiger partial charge in [-0.2, -0.15) is 0 Å². The quantitative estimate of drug-likeness (QED) is 0.807. The molecule has 1 fully saturated rings. The first-order chi connectivity index (χ1) is 12.6. The fraction of sp³-hybridized carbons (Fsp3) is 0.421. The Bertz CT molecular complexity index is 713. The van der Waals surface area contributed by atoms with Crippen LogP contribution in [0.4, 0.5) is 5.95 Å². The highest BCUT2D eigenvalue weighted by Gasteiger charge is 2.38. The minimum atomic E-state index is -0.954. The first kappa shape index (κ1) is 18.1. The van der Waals surface area contributed by atoms with E-state index < -0.39 is 5.60 Å². The number of ether oxygens (including phenoxy) is 1. The lowest BCUT2D eigenvalue weighted by molar-refractivity contribution is -0.133. The summed E-state index contributed by atoms with van der Waals surface area (Å²) in [5.74, 6) is 1.30. The second-order valence-corrected chi connectivity index (χ2v) is 6.61. The van der Waals surface area contributed by atoms with Gasteiger partial charge in [-0.3, -0.25) is 4.79 Å². The third-order valence-electron chi connectivity index (χ3n) is 4.45. The molecule has 0 saturated carbocycles. The number of aliphatic hydroxyl groups is 1. The van der Waals surface area contributed by atoms with Crippen molar-refractivity contribution in [2.24, 2.45) is 0 Å². The number of hydrogen-bond acceptors (Lipinski definition) is 6. The van der Waals surface area contributed by atoms with E-state index in [1.807, 2.05) is 35.2 Å². The van der Waals surface area contributed by atoms with Crippen LogP contribution in [0.15, 0.2) is 48.8 Å². The monoisotopic (exact) mass is 356 g/mol. The minimum Gasteiger partial charge on any atom is -0.493 e. The highest BCUT2D eigenvalue weighted by Crippen LogP contribution is 2.25. The smallest absolute Gasteiger partial charge is 0.225 e. The topological polar surface area (TPSA) is 78.8 Å². The number of rotatable bonds is 7. The lowest BCUT2D eigenvalue weighted by Crippen LogP contribution is -2.46. The van der Waals surface area contributed by atoms with E-state index in [1.165, 1.54) is 0 Å². The highest BCUT2D eigenvalue weighted by atomic mass is 16.5. The van der Waals surface area contributed by atoms with Crippen LogP contribution >= 0.6 is 0 Å². The maximum Gasteiger partial charge on any atom is 0.225 e. The third kappa shape index (κ3) is 4.70. The van der Waals surface area contributed by atoms with Crippen molar-refractivity contribution in [3.8, 4) is 5.75 Å². The number of carbonyl (C=O) groups is 1. The number of amides is 1. The third-order valence-corrected chi connectivity index (χ3v) is 4.45. The predicted molar refractivity (Wildman–Crippen MR) is 98.0 cm³/mol. The van der Waals surface area contributed by atoms with Gasteiger partial charge in [0.2, 0.25) is 11.9 Å². The van der Waals surface area contributed by atoms with Crippen molar-refractivity contribution in [3.05, 3.63) is 48.8 Å². The van der Waals surface area contributed by atoms with Gasteiger partial charge in [-0.05, 0) is 24.6 Å². The predicted octanol–water partition coefficient (Wildman–Crippen LogP) is 1.35. The summed E-state index contributed by atoms with van der Waals surface area (Å²) in [5.41, 5.74) is -0.954. The Kier molecular flexibility index (Phi) is 5.68.